The number of rotatable bonds is 5. The Morgan fingerprint density at radius 1 is 1.14 bits per heavy atom. The highest BCUT2D eigenvalue weighted by molar-refractivity contribution is 5.79. The molecular weight excluding hydrogens is 266 g/mol. The number of aliphatic hydroxyl groups is 1. The van der Waals surface area contributed by atoms with Gasteiger partial charge in [-0.1, -0.05) is 18.2 Å². The van der Waals surface area contributed by atoms with Crippen molar-refractivity contribution in [2.24, 2.45) is 0 Å². The number of anilines is 1. The second-order valence-electron chi connectivity index (χ2n) is 4.79. The number of ether oxygens (including phenoxy) is 1. The standard InChI is InChI=1S/C17H17NO3/c1-20-14-6-7-17-13(8-14)9-15(21-17)10-18-16-5-3-2-4-12(16)11-19/h2-9,18-19H,10-11H2,1H3. The van der Waals surface area contributed by atoms with Gasteiger partial charge >= 0.3 is 0 Å². The second-order valence-corrected chi connectivity index (χ2v) is 4.79. The van der Waals surface area contributed by atoms with Crippen LogP contribution in [0.3, 0.4) is 0 Å². The summed E-state index contributed by atoms with van der Waals surface area (Å²) in [6, 6.07) is 15.4. The molecule has 0 radical (unpaired) electrons. The molecule has 3 rings (SSSR count). The first kappa shape index (κ1) is 13.5. The van der Waals surface area contributed by atoms with E-state index in [1.54, 1.807) is 7.11 Å². The van der Waals surface area contributed by atoms with E-state index >= 15 is 0 Å². The SMILES string of the molecule is COc1ccc2oc(CNc3ccccc3CO)cc2c1. The number of para-hydroxylation sites is 1. The van der Waals surface area contributed by atoms with Crippen LogP contribution in [0.15, 0.2) is 52.9 Å². The van der Waals surface area contributed by atoms with Gasteiger partial charge in [-0.05, 0) is 30.3 Å². The van der Waals surface area contributed by atoms with E-state index in [1.807, 2.05) is 48.5 Å². The van der Waals surface area contributed by atoms with Crippen LogP contribution in [0.2, 0.25) is 0 Å². The third-order valence-electron chi connectivity index (χ3n) is 3.42. The molecule has 0 bridgehead atoms. The molecule has 2 aromatic carbocycles. The fraction of sp³-hybridized carbons (Fsp3) is 0.176. The van der Waals surface area contributed by atoms with Gasteiger partial charge in [0, 0.05) is 16.6 Å². The van der Waals surface area contributed by atoms with Crippen LogP contribution in [0.1, 0.15) is 11.3 Å². The Labute approximate surface area is 123 Å². The lowest BCUT2D eigenvalue weighted by molar-refractivity contribution is 0.282. The Bertz CT molecular complexity index is 749. The molecule has 0 aliphatic carbocycles. The highest BCUT2D eigenvalue weighted by Gasteiger charge is 2.06. The molecule has 0 aliphatic heterocycles. The number of nitrogens with one attached hydrogen (secondary N) is 1. The van der Waals surface area contributed by atoms with Crippen molar-refractivity contribution in [1.29, 1.82) is 0 Å². The number of fused-ring (bicyclic) bond motifs is 1. The average Bonchev–Trinajstić information content (AvgIpc) is 2.94. The largest absolute Gasteiger partial charge is 0.497 e. The molecule has 1 aromatic heterocycles. The lowest BCUT2D eigenvalue weighted by Gasteiger charge is -2.08. The molecule has 21 heavy (non-hydrogen) atoms. The van der Waals surface area contributed by atoms with Gasteiger partial charge in [-0.3, -0.25) is 0 Å². The number of hydrogen-bond donors (Lipinski definition) is 2. The van der Waals surface area contributed by atoms with E-state index < -0.39 is 0 Å². The van der Waals surface area contributed by atoms with Crippen LogP contribution >= 0.6 is 0 Å². The topological polar surface area (TPSA) is 54.6 Å². The highest BCUT2D eigenvalue weighted by atomic mass is 16.5. The van der Waals surface area contributed by atoms with Crippen LogP contribution in [0, 0.1) is 0 Å². The van der Waals surface area contributed by atoms with Crippen LogP contribution in [0.5, 0.6) is 5.75 Å². The minimum absolute atomic E-state index is 0.0144. The monoisotopic (exact) mass is 283 g/mol. The number of aliphatic hydroxyl groups excluding tert-OH is 1. The molecule has 0 unspecified atom stereocenters. The second kappa shape index (κ2) is 5.89. The molecule has 4 heteroatoms. The zero-order valence-electron chi connectivity index (χ0n) is 11.8. The van der Waals surface area contributed by atoms with Gasteiger partial charge in [-0.25, -0.2) is 0 Å². The van der Waals surface area contributed by atoms with Gasteiger partial charge in [-0.15, -0.1) is 0 Å². The smallest absolute Gasteiger partial charge is 0.134 e. The Morgan fingerprint density at radius 2 is 2.00 bits per heavy atom. The van der Waals surface area contributed by atoms with Crippen molar-refractivity contribution in [3.05, 3.63) is 59.9 Å². The Hall–Kier alpha value is -2.46. The minimum atomic E-state index is 0.0144. The van der Waals surface area contributed by atoms with Crippen molar-refractivity contribution in [3.8, 4) is 5.75 Å². The van der Waals surface area contributed by atoms with E-state index in [2.05, 4.69) is 5.32 Å². The van der Waals surface area contributed by atoms with Gasteiger partial charge < -0.3 is 19.6 Å². The zero-order chi connectivity index (χ0) is 14.7. The Morgan fingerprint density at radius 3 is 2.81 bits per heavy atom. The van der Waals surface area contributed by atoms with Crippen molar-refractivity contribution >= 4 is 16.7 Å². The molecule has 108 valence electrons. The van der Waals surface area contributed by atoms with Gasteiger partial charge in [0.05, 0.1) is 20.3 Å². The first-order valence-corrected chi connectivity index (χ1v) is 6.79. The van der Waals surface area contributed by atoms with Crippen LogP contribution in [0.4, 0.5) is 5.69 Å². The van der Waals surface area contributed by atoms with E-state index in [0.29, 0.717) is 6.54 Å². The molecule has 0 saturated heterocycles. The summed E-state index contributed by atoms with van der Waals surface area (Å²) in [6.45, 7) is 0.578. The summed E-state index contributed by atoms with van der Waals surface area (Å²) in [5.74, 6) is 1.65. The van der Waals surface area contributed by atoms with Crippen molar-refractivity contribution in [2.75, 3.05) is 12.4 Å². The predicted molar refractivity (Wildman–Crippen MR) is 82.5 cm³/mol. The molecule has 0 amide bonds. The molecule has 4 nitrogen and oxygen atoms in total. The van der Waals surface area contributed by atoms with Crippen molar-refractivity contribution < 1.29 is 14.3 Å². The molecule has 2 N–H and O–H groups in total. The number of hydrogen-bond acceptors (Lipinski definition) is 4. The van der Waals surface area contributed by atoms with E-state index in [1.165, 1.54) is 0 Å². The maximum absolute atomic E-state index is 9.31. The number of furan rings is 1. The maximum Gasteiger partial charge on any atom is 0.134 e. The van der Waals surface area contributed by atoms with Gasteiger partial charge in [0.25, 0.3) is 0 Å². The first-order chi connectivity index (χ1) is 10.3. The molecule has 0 fully saturated rings. The average molecular weight is 283 g/mol. The van der Waals surface area contributed by atoms with E-state index in [0.717, 1.165) is 33.7 Å². The highest BCUT2D eigenvalue weighted by Crippen LogP contribution is 2.25. The summed E-state index contributed by atoms with van der Waals surface area (Å²) in [6.07, 6.45) is 0. The van der Waals surface area contributed by atoms with Crippen molar-refractivity contribution in [3.63, 3.8) is 0 Å². The quantitative estimate of drug-likeness (QED) is 0.752. The molecule has 0 atom stereocenters. The van der Waals surface area contributed by atoms with Crippen LogP contribution in [-0.4, -0.2) is 12.2 Å². The summed E-state index contributed by atoms with van der Waals surface area (Å²) in [5, 5.41) is 13.6. The van der Waals surface area contributed by atoms with Crippen molar-refractivity contribution in [1.82, 2.24) is 0 Å². The lowest BCUT2D eigenvalue weighted by Crippen LogP contribution is -2.01. The first-order valence-electron chi connectivity index (χ1n) is 6.79. The fourth-order valence-corrected chi connectivity index (χ4v) is 2.30. The Balaban J connectivity index is 1.79. The summed E-state index contributed by atoms with van der Waals surface area (Å²) in [5.41, 5.74) is 2.62. The lowest BCUT2D eigenvalue weighted by atomic mass is 10.2. The van der Waals surface area contributed by atoms with Gasteiger partial charge in [0.2, 0.25) is 0 Å². The van der Waals surface area contributed by atoms with Crippen LogP contribution in [0.25, 0.3) is 11.0 Å². The summed E-state index contributed by atoms with van der Waals surface area (Å²) >= 11 is 0. The van der Waals surface area contributed by atoms with Crippen LogP contribution < -0.4 is 10.1 Å². The normalized spacial score (nSPS) is 10.8. The molecule has 0 spiro atoms. The van der Waals surface area contributed by atoms with E-state index in [9.17, 15) is 5.11 Å². The van der Waals surface area contributed by atoms with Crippen molar-refractivity contribution in [2.45, 2.75) is 13.2 Å². The predicted octanol–water partition coefficient (Wildman–Crippen LogP) is 3.55. The third-order valence-corrected chi connectivity index (χ3v) is 3.42. The van der Waals surface area contributed by atoms with Gasteiger partial charge in [-0.2, -0.15) is 0 Å². The summed E-state index contributed by atoms with van der Waals surface area (Å²) in [7, 11) is 1.65. The van der Waals surface area contributed by atoms with E-state index in [-0.39, 0.29) is 6.61 Å². The van der Waals surface area contributed by atoms with Gasteiger partial charge in [0.15, 0.2) is 0 Å². The number of benzene rings is 2. The molecule has 1 heterocycles. The molecular formula is C17H17NO3. The Kier molecular flexibility index (Phi) is 3.79. The molecule has 3 aromatic rings. The van der Waals surface area contributed by atoms with Crippen LogP contribution in [-0.2, 0) is 13.2 Å². The fourth-order valence-electron chi connectivity index (χ4n) is 2.30. The maximum atomic E-state index is 9.31. The minimum Gasteiger partial charge on any atom is -0.497 e. The van der Waals surface area contributed by atoms with E-state index in [4.69, 9.17) is 9.15 Å². The molecule has 0 saturated carbocycles. The van der Waals surface area contributed by atoms with Gasteiger partial charge in [0.1, 0.15) is 17.1 Å². The molecule has 0 aliphatic rings. The third kappa shape index (κ3) is 2.85. The zero-order valence-corrected chi connectivity index (χ0v) is 11.8. The summed E-state index contributed by atoms with van der Waals surface area (Å²) in [4.78, 5) is 0. The number of methoxy groups -OCH3 is 1. The summed E-state index contributed by atoms with van der Waals surface area (Å²) < 4.78 is 11.0.